The van der Waals surface area contributed by atoms with Gasteiger partial charge in [-0.25, -0.2) is 0 Å². The Morgan fingerprint density at radius 2 is 1.83 bits per heavy atom. The molecule has 2 aromatic carbocycles. The molecular formula is C20H18N2O. The molecular weight excluding hydrogens is 284 g/mol. The lowest BCUT2D eigenvalue weighted by Gasteiger charge is -2.11. The van der Waals surface area contributed by atoms with Gasteiger partial charge in [-0.3, -0.25) is 4.98 Å². The number of hydrogen-bond acceptors (Lipinski definition) is 2. The van der Waals surface area contributed by atoms with Crippen LogP contribution in [-0.2, 0) is 6.42 Å². The molecule has 0 saturated heterocycles. The van der Waals surface area contributed by atoms with Gasteiger partial charge in [-0.05, 0) is 47.4 Å². The number of nitrogens with zero attached hydrogens (tertiary/aromatic N) is 1. The molecule has 2 aromatic heterocycles. The van der Waals surface area contributed by atoms with Crippen LogP contribution in [0.25, 0.3) is 21.7 Å². The normalized spacial score (nSPS) is 12.7. The minimum Gasteiger partial charge on any atom is -0.388 e. The third kappa shape index (κ3) is 2.83. The summed E-state index contributed by atoms with van der Waals surface area (Å²) < 4.78 is 0. The molecule has 0 bridgehead atoms. The molecule has 2 N–H and O–H groups in total. The van der Waals surface area contributed by atoms with Gasteiger partial charge in [0, 0.05) is 17.3 Å². The zero-order chi connectivity index (χ0) is 15.6. The average Bonchev–Trinajstić information content (AvgIpc) is 3.02. The molecule has 2 heterocycles. The van der Waals surface area contributed by atoms with E-state index in [4.69, 9.17) is 0 Å². The predicted molar refractivity (Wildman–Crippen MR) is 93.3 cm³/mol. The summed E-state index contributed by atoms with van der Waals surface area (Å²) in [5.74, 6) is 0. The maximum atomic E-state index is 10.5. The second kappa shape index (κ2) is 5.86. The van der Waals surface area contributed by atoms with Crippen LogP contribution in [-0.4, -0.2) is 15.1 Å². The summed E-state index contributed by atoms with van der Waals surface area (Å²) in [6, 6.07) is 18.5. The van der Waals surface area contributed by atoms with Crippen LogP contribution >= 0.6 is 0 Å². The fraction of sp³-hybridized carbons (Fsp3) is 0.150. The molecule has 0 aliphatic heterocycles. The van der Waals surface area contributed by atoms with Gasteiger partial charge in [0.25, 0.3) is 0 Å². The van der Waals surface area contributed by atoms with E-state index in [0.717, 1.165) is 28.6 Å². The number of aromatic nitrogens is 2. The van der Waals surface area contributed by atoms with Crippen molar-refractivity contribution in [2.24, 2.45) is 0 Å². The fourth-order valence-electron chi connectivity index (χ4n) is 3.04. The second-order valence-electron chi connectivity index (χ2n) is 5.92. The van der Waals surface area contributed by atoms with Crippen molar-refractivity contribution in [3.05, 3.63) is 78.2 Å². The maximum absolute atomic E-state index is 10.5. The van der Waals surface area contributed by atoms with E-state index in [-0.39, 0.29) is 0 Å². The Morgan fingerprint density at radius 3 is 2.70 bits per heavy atom. The lowest BCUT2D eigenvalue weighted by molar-refractivity contribution is 0.167. The van der Waals surface area contributed by atoms with E-state index < -0.39 is 6.10 Å². The molecule has 0 spiro atoms. The lowest BCUT2D eigenvalue weighted by atomic mass is 10.00. The van der Waals surface area contributed by atoms with Gasteiger partial charge in [0.1, 0.15) is 0 Å². The summed E-state index contributed by atoms with van der Waals surface area (Å²) in [5, 5.41) is 14.0. The number of aryl methyl sites for hydroxylation is 1. The first kappa shape index (κ1) is 14.0. The molecule has 4 aromatic rings. The maximum Gasteiger partial charge on any atom is 0.0794 e. The van der Waals surface area contributed by atoms with Crippen LogP contribution in [0.3, 0.4) is 0 Å². The number of aromatic amines is 1. The molecule has 3 heteroatoms. The number of H-pyrrole nitrogens is 1. The average molecular weight is 302 g/mol. The van der Waals surface area contributed by atoms with Crippen LogP contribution in [0.5, 0.6) is 0 Å². The van der Waals surface area contributed by atoms with Crippen LogP contribution in [0, 0.1) is 0 Å². The molecule has 0 aliphatic carbocycles. The van der Waals surface area contributed by atoms with Crippen molar-refractivity contribution < 1.29 is 5.11 Å². The molecule has 0 radical (unpaired) electrons. The molecule has 1 unspecified atom stereocenters. The fourth-order valence-corrected chi connectivity index (χ4v) is 3.04. The highest BCUT2D eigenvalue weighted by Crippen LogP contribution is 2.24. The number of aliphatic hydroxyl groups is 1. The highest BCUT2D eigenvalue weighted by molar-refractivity contribution is 5.83. The first-order chi connectivity index (χ1) is 11.3. The Balaban J connectivity index is 1.50. The number of benzene rings is 2. The minimum atomic E-state index is -0.454. The zero-order valence-corrected chi connectivity index (χ0v) is 12.7. The molecule has 0 fully saturated rings. The molecule has 0 amide bonds. The van der Waals surface area contributed by atoms with E-state index in [1.807, 2.05) is 30.5 Å². The van der Waals surface area contributed by atoms with Gasteiger partial charge >= 0.3 is 0 Å². The van der Waals surface area contributed by atoms with Gasteiger partial charge in [0.15, 0.2) is 0 Å². The number of pyridine rings is 1. The summed E-state index contributed by atoms with van der Waals surface area (Å²) in [6.07, 6.45) is 4.67. The van der Waals surface area contributed by atoms with E-state index in [0.29, 0.717) is 6.42 Å². The third-order valence-corrected chi connectivity index (χ3v) is 4.33. The van der Waals surface area contributed by atoms with Crippen molar-refractivity contribution in [2.45, 2.75) is 18.9 Å². The van der Waals surface area contributed by atoms with E-state index in [1.54, 1.807) is 6.20 Å². The van der Waals surface area contributed by atoms with Crippen molar-refractivity contribution in [3.63, 3.8) is 0 Å². The summed E-state index contributed by atoms with van der Waals surface area (Å²) in [7, 11) is 0. The molecule has 0 aliphatic rings. The first-order valence-corrected chi connectivity index (χ1v) is 7.88. The number of hydrogen-bond donors (Lipinski definition) is 2. The monoisotopic (exact) mass is 302 g/mol. The van der Waals surface area contributed by atoms with Crippen molar-refractivity contribution in [1.29, 1.82) is 0 Å². The molecule has 23 heavy (non-hydrogen) atoms. The van der Waals surface area contributed by atoms with E-state index >= 15 is 0 Å². The van der Waals surface area contributed by atoms with Gasteiger partial charge in [-0.2, -0.15) is 0 Å². The Hall–Kier alpha value is -2.65. The van der Waals surface area contributed by atoms with Crippen molar-refractivity contribution in [2.75, 3.05) is 0 Å². The SMILES string of the molecule is OC(CCc1cc2ccncc2[nH]1)c1ccc2ccccc2c1. The second-order valence-corrected chi connectivity index (χ2v) is 5.92. The predicted octanol–water partition coefficient (Wildman–Crippen LogP) is 4.38. The van der Waals surface area contributed by atoms with Crippen LogP contribution in [0.2, 0.25) is 0 Å². The highest BCUT2D eigenvalue weighted by atomic mass is 16.3. The highest BCUT2D eigenvalue weighted by Gasteiger charge is 2.09. The molecule has 3 nitrogen and oxygen atoms in total. The lowest BCUT2D eigenvalue weighted by Crippen LogP contribution is -1.99. The molecule has 114 valence electrons. The van der Waals surface area contributed by atoms with Crippen molar-refractivity contribution in [3.8, 4) is 0 Å². The topological polar surface area (TPSA) is 48.9 Å². The Labute approximate surface area is 134 Å². The number of aliphatic hydroxyl groups excluding tert-OH is 1. The Morgan fingerprint density at radius 1 is 0.957 bits per heavy atom. The Kier molecular flexibility index (Phi) is 3.56. The summed E-state index contributed by atoms with van der Waals surface area (Å²) in [6.45, 7) is 0. The van der Waals surface area contributed by atoms with Crippen LogP contribution in [0.15, 0.2) is 67.0 Å². The number of rotatable bonds is 4. The molecule has 4 rings (SSSR count). The zero-order valence-electron chi connectivity index (χ0n) is 12.7. The van der Waals surface area contributed by atoms with Crippen LogP contribution < -0.4 is 0 Å². The summed E-state index contributed by atoms with van der Waals surface area (Å²) >= 11 is 0. The first-order valence-electron chi connectivity index (χ1n) is 7.88. The molecule has 1 atom stereocenters. The van der Waals surface area contributed by atoms with Gasteiger partial charge in [-0.1, -0.05) is 36.4 Å². The summed E-state index contributed by atoms with van der Waals surface area (Å²) in [4.78, 5) is 7.48. The van der Waals surface area contributed by atoms with Crippen LogP contribution in [0.1, 0.15) is 23.8 Å². The molecule has 0 saturated carbocycles. The third-order valence-electron chi connectivity index (χ3n) is 4.33. The number of fused-ring (bicyclic) bond motifs is 2. The standard InChI is InChI=1S/C20H18N2O/c23-20(17-6-5-14-3-1-2-4-15(14)11-17)8-7-18-12-16-9-10-21-13-19(16)22-18/h1-6,9-13,20,22-23H,7-8H2. The summed E-state index contributed by atoms with van der Waals surface area (Å²) in [5.41, 5.74) is 3.15. The quantitative estimate of drug-likeness (QED) is 0.587. The van der Waals surface area contributed by atoms with E-state index in [1.165, 1.54) is 10.8 Å². The van der Waals surface area contributed by atoms with Gasteiger partial charge in [-0.15, -0.1) is 0 Å². The van der Waals surface area contributed by atoms with Gasteiger partial charge in [0.2, 0.25) is 0 Å². The largest absolute Gasteiger partial charge is 0.388 e. The van der Waals surface area contributed by atoms with Crippen LogP contribution in [0.4, 0.5) is 0 Å². The Bertz CT molecular complexity index is 925. The minimum absolute atomic E-state index is 0.454. The smallest absolute Gasteiger partial charge is 0.0794 e. The van der Waals surface area contributed by atoms with Crippen molar-refractivity contribution in [1.82, 2.24) is 9.97 Å². The van der Waals surface area contributed by atoms with Gasteiger partial charge < -0.3 is 10.1 Å². The van der Waals surface area contributed by atoms with E-state index in [2.05, 4.69) is 40.3 Å². The van der Waals surface area contributed by atoms with Crippen molar-refractivity contribution >= 4 is 21.7 Å². The van der Waals surface area contributed by atoms with Gasteiger partial charge in [0.05, 0.1) is 17.8 Å². The number of nitrogens with one attached hydrogen (secondary N) is 1. The van der Waals surface area contributed by atoms with E-state index in [9.17, 15) is 5.11 Å².